The highest BCUT2D eigenvalue weighted by Gasteiger charge is 2.29. The third-order valence-electron chi connectivity index (χ3n) is 3.09. The van der Waals surface area contributed by atoms with Crippen molar-refractivity contribution in [2.45, 2.75) is 44.6 Å². The quantitative estimate of drug-likeness (QED) is 0.692. The zero-order valence-corrected chi connectivity index (χ0v) is 9.42. The number of anilines is 1. The van der Waals surface area contributed by atoms with Crippen molar-refractivity contribution in [2.24, 2.45) is 0 Å². The topological polar surface area (TPSA) is 96.7 Å². The van der Waals surface area contributed by atoms with Crippen molar-refractivity contribution in [1.29, 1.82) is 0 Å². The molecule has 0 spiro atoms. The van der Waals surface area contributed by atoms with Gasteiger partial charge in [-0.1, -0.05) is 19.3 Å². The van der Waals surface area contributed by atoms with Crippen LogP contribution in [0.5, 0.6) is 0 Å². The standard InChI is InChI=1S/C10H17N5O/c1-10(5-3-2-4-6-10)13-8(16)7-12-9(11)15-14-7/h2-6H2,1H3,(H,13,16)(H3,11,12,14,15). The summed E-state index contributed by atoms with van der Waals surface area (Å²) in [5.74, 6) is 0.0526. The average Bonchev–Trinajstić information content (AvgIpc) is 2.65. The molecule has 2 rings (SSSR count). The van der Waals surface area contributed by atoms with E-state index in [2.05, 4.69) is 27.4 Å². The van der Waals surface area contributed by atoms with Crippen LogP contribution < -0.4 is 11.1 Å². The van der Waals surface area contributed by atoms with E-state index in [0.29, 0.717) is 0 Å². The van der Waals surface area contributed by atoms with Crippen LogP contribution in [-0.4, -0.2) is 26.6 Å². The first-order chi connectivity index (χ1) is 7.59. The lowest BCUT2D eigenvalue weighted by molar-refractivity contribution is 0.0872. The van der Waals surface area contributed by atoms with Crippen LogP contribution in [0.2, 0.25) is 0 Å². The largest absolute Gasteiger partial charge is 0.366 e. The van der Waals surface area contributed by atoms with E-state index in [1.54, 1.807) is 0 Å². The van der Waals surface area contributed by atoms with E-state index in [9.17, 15) is 4.79 Å². The van der Waals surface area contributed by atoms with Gasteiger partial charge in [-0.25, -0.2) is 0 Å². The van der Waals surface area contributed by atoms with Gasteiger partial charge in [-0.3, -0.25) is 9.89 Å². The molecular weight excluding hydrogens is 206 g/mol. The summed E-state index contributed by atoms with van der Waals surface area (Å²) in [5, 5.41) is 9.14. The number of H-pyrrole nitrogens is 1. The maximum absolute atomic E-state index is 11.8. The Bertz CT molecular complexity index is 380. The number of carbonyl (C=O) groups excluding carboxylic acids is 1. The summed E-state index contributed by atoms with van der Waals surface area (Å²) >= 11 is 0. The predicted octanol–water partition coefficient (Wildman–Crippen LogP) is 0.839. The molecule has 1 aromatic heterocycles. The second-order valence-electron chi connectivity index (χ2n) is 4.62. The summed E-state index contributed by atoms with van der Waals surface area (Å²) in [7, 11) is 0. The summed E-state index contributed by atoms with van der Waals surface area (Å²) in [4.78, 5) is 15.6. The second kappa shape index (κ2) is 4.11. The summed E-state index contributed by atoms with van der Waals surface area (Å²) in [6, 6.07) is 0. The van der Waals surface area contributed by atoms with E-state index in [0.717, 1.165) is 25.7 Å². The van der Waals surface area contributed by atoms with E-state index < -0.39 is 0 Å². The van der Waals surface area contributed by atoms with Crippen LogP contribution in [0.1, 0.15) is 49.6 Å². The highest BCUT2D eigenvalue weighted by Crippen LogP contribution is 2.27. The van der Waals surface area contributed by atoms with Crippen molar-refractivity contribution < 1.29 is 4.79 Å². The SMILES string of the molecule is CC1(NC(=O)c2nc(N)n[nH]2)CCCCC1. The number of nitrogens with two attached hydrogens (primary N) is 1. The van der Waals surface area contributed by atoms with Crippen molar-refractivity contribution in [3.8, 4) is 0 Å². The molecule has 0 radical (unpaired) electrons. The van der Waals surface area contributed by atoms with E-state index in [1.165, 1.54) is 6.42 Å². The van der Waals surface area contributed by atoms with Gasteiger partial charge in [0, 0.05) is 5.54 Å². The Hall–Kier alpha value is -1.59. The Morgan fingerprint density at radius 3 is 2.69 bits per heavy atom. The highest BCUT2D eigenvalue weighted by molar-refractivity contribution is 5.91. The molecule has 1 fully saturated rings. The van der Waals surface area contributed by atoms with Gasteiger partial charge in [0.25, 0.3) is 5.91 Å². The average molecular weight is 223 g/mol. The predicted molar refractivity (Wildman–Crippen MR) is 59.8 cm³/mol. The Balaban J connectivity index is 2.01. The van der Waals surface area contributed by atoms with Crippen molar-refractivity contribution in [2.75, 3.05) is 5.73 Å². The molecule has 1 saturated carbocycles. The van der Waals surface area contributed by atoms with Crippen molar-refractivity contribution in [3.63, 3.8) is 0 Å². The molecule has 0 aromatic carbocycles. The van der Waals surface area contributed by atoms with Gasteiger partial charge in [0.2, 0.25) is 11.8 Å². The number of amides is 1. The van der Waals surface area contributed by atoms with Crippen LogP contribution in [0.3, 0.4) is 0 Å². The molecule has 1 aliphatic rings. The molecule has 88 valence electrons. The number of rotatable bonds is 2. The van der Waals surface area contributed by atoms with Crippen LogP contribution in [-0.2, 0) is 0 Å². The van der Waals surface area contributed by atoms with Gasteiger partial charge < -0.3 is 11.1 Å². The third kappa shape index (κ3) is 2.32. The number of nitrogens with zero attached hydrogens (tertiary/aromatic N) is 2. The number of nitrogen functional groups attached to an aromatic ring is 1. The fourth-order valence-corrected chi connectivity index (χ4v) is 2.17. The van der Waals surface area contributed by atoms with Gasteiger partial charge >= 0.3 is 0 Å². The lowest BCUT2D eigenvalue weighted by Crippen LogP contribution is -2.47. The zero-order valence-electron chi connectivity index (χ0n) is 9.42. The van der Waals surface area contributed by atoms with Crippen LogP contribution in [0.15, 0.2) is 0 Å². The van der Waals surface area contributed by atoms with Crippen molar-refractivity contribution in [3.05, 3.63) is 5.82 Å². The summed E-state index contributed by atoms with van der Waals surface area (Å²) in [6.07, 6.45) is 5.61. The molecule has 0 atom stereocenters. The van der Waals surface area contributed by atoms with Gasteiger partial charge in [-0.2, -0.15) is 4.98 Å². The summed E-state index contributed by atoms with van der Waals surface area (Å²) in [6.45, 7) is 2.07. The fourth-order valence-electron chi connectivity index (χ4n) is 2.17. The minimum atomic E-state index is -0.228. The molecular formula is C10H17N5O. The Kier molecular flexibility index (Phi) is 2.80. The van der Waals surface area contributed by atoms with Gasteiger partial charge in [0.15, 0.2) is 0 Å². The molecule has 0 unspecified atom stereocenters. The summed E-state index contributed by atoms with van der Waals surface area (Å²) in [5.41, 5.74) is 5.23. The Morgan fingerprint density at radius 2 is 2.12 bits per heavy atom. The minimum absolute atomic E-state index is 0.0962. The monoisotopic (exact) mass is 223 g/mol. The van der Waals surface area contributed by atoms with Crippen LogP contribution in [0.4, 0.5) is 5.95 Å². The molecule has 6 nitrogen and oxygen atoms in total. The van der Waals surface area contributed by atoms with Crippen LogP contribution in [0.25, 0.3) is 0 Å². The number of aromatic nitrogens is 3. The van der Waals surface area contributed by atoms with E-state index in [-0.39, 0.29) is 23.2 Å². The van der Waals surface area contributed by atoms with E-state index >= 15 is 0 Å². The Labute approximate surface area is 94.0 Å². The molecule has 1 aromatic rings. The van der Waals surface area contributed by atoms with Gasteiger partial charge in [-0.05, 0) is 19.8 Å². The van der Waals surface area contributed by atoms with Gasteiger partial charge in [-0.15, -0.1) is 5.10 Å². The number of hydrogen-bond acceptors (Lipinski definition) is 4. The molecule has 16 heavy (non-hydrogen) atoms. The third-order valence-corrected chi connectivity index (χ3v) is 3.09. The number of aromatic amines is 1. The summed E-state index contributed by atoms with van der Waals surface area (Å²) < 4.78 is 0. The first-order valence-electron chi connectivity index (χ1n) is 5.59. The molecule has 0 saturated heterocycles. The van der Waals surface area contributed by atoms with Crippen molar-refractivity contribution >= 4 is 11.9 Å². The van der Waals surface area contributed by atoms with E-state index in [4.69, 9.17) is 5.73 Å². The molecule has 1 aliphatic carbocycles. The highest BCUT2D eigenvalue weighted by atomic mass is 16.2. The van der Waals surface area contributed by atoms with Crippen LogP contribution in [0, 0.1) is 0 Å². The smallest absolute Gasteiger partial charge is 0.289 e. The molecule has 4 N–H and O–H groups in total. The number of hydrogen-bond donors (Lipinski definition) is 3. The van der Waals surface area contributed by atoms with Gasteiger partial charge in [0.1, 0.15) is 0 Å². The van der Waals surface area contributed by atoms with E-state index in [1.807, 2.05) is 0 Å². The second-order valence-corrected chi connectivity index (χ2v) is 4.62. The normalized spacial score (nSPS) is 19.3. The molecule has 6 heteroatoms. The zero-order chi connectivity index (χ0) is 11.6. The lowest BCUT2D eigenvalue weighted by Gasteiger charge is -2.34. The Morgan fingerprint density at radius 1 is 1.44 bits per heavy atom. The number of carbonyl (C=O) groups is 1. The first kappa shape index (κ1) is 10.9. The number of nitrogens with one attached hydrogen (secondary N) is 2. The molecule has 0 aliphatic heterocycles. The molecule has 0 bridgehead atoms. The van der Waals surface area contributed by atoms with Crippen LogP contribution >= 0.6 is 0 Å². The molecule has 1 heterocycles. The fraction of sp³-hybridized carbons (Fsp3) is 0.700. The molecule has 1 amide bonds. The first-order valence-corrected chi connectivity index (χ1v) is 5.59. The minimum Gasteiger partial charge on any atom is -0.366 e. The van der Waals surface area contributed by atoms with Gasteiger partial charge in [0.05, 0.1) is 0 Å². The lowest BCUT2D eigenvalue weighted by atomic mass is 9.83. The maximum atomic E-state index is 11.8. The van der Waals surface area contributed by atoms with Crippen molar-refractivity contribution in [1.82, 2.24) is 20.5 Å². The maximum Gasteiger partial charge on any atom is 0.289 e.